The van der Waals surface area contributed by atoms with Crippen LogP contribution in [-0.2, 0) is 0 Å². The molecule has 0 N–H and O–H groups in total. The fourth-order valence-electron chi connectivity index (χ4n) is 3.59. The molecule has 112 valence electrons. The van der Waals surface area contributed by atoms with Gasteiger partial charge in [-0.05, 0) is 39.3 Å². The second kappa shape index (κ2) is 5.10. The van der Waals surface area contributed by atoms with Crippen molar-refractivity contribution in [2.45, 2.75) is 32.2 Å². The molecule has 0 spiro atoms. The largest absolute Gasteiger partial charge is 0.355 e. The minimum atomic E-state index is 0.523. The van der Waals surface area contributed by atoms with Crippen LogP contribution < -0.4 is 4.90 Å². The van der Waals surface area contributed by atoms with E-state index in [0.29, 0.717) is 17.0 Å². The maximum Gasteiger partial charge on any atom is 0.255 e. The molecular formula is C14H19ClN6. The van der Waals surface area contributed by atoms with E-state index < -0.39 is 0 Å². The highest BCUT2D eigenvalue weighted by Crippen LogP contribution is 2.30. The van der Waals surface area contributed by atoms with Crippen LogP contribution in [0.4, 0.5) is 5.82 Å². The van der Waals surface area contributed by atoms with Gasteiger partial charge in [0.05, 0.1) is 0 Å². The molecule has 0 aliphatic carbocycles. The molecule has 6 nitrogen and oxygen atoms in total. The number of halogens is 1. The molecule has 2 aromatic rings. The highest BCUT2D eigenvalue weighted by molar-refractivity contribution is 6.30. The predicted molar refractivity (Wildman–Crippen MR) is 82.0 cm³/mol. The van der Waals surface area contributed by atoms with E-state index in [1.165, 1.54) is 38.7 Å². The van der Waals surface area contributed by atoms with Gasteiger partial charge in [-0.15, -0.1) is 0 Å². The van der Waals surface area contributed by atoms with Crippen molar-refractivity contribution < 1.29 is 0 Å². The van der Waals surface area contributed by atoms with Gasteiger partial charge in [-0.3, -0.25) is 4.90 Å². The smallest absolute Gasteiger partial charge is 0.255 e. The summed E-state index contributed by atoms with van der Waals surface area (Å²) in [4.78, 5) is 13.5. The van der Waals surface area contributed by atoms with Gasteiger partial charge in [0.1, 0.15) is 17.3 Å². The Bertz CT molecular complexity index is 663. The molecule has 4 rings (SSSR count). The Morgan fingerprint density at radius 1 is 1.24 bits per heavy atom. The predicted octanol–water partition coefficient (Wildman–Crippen LogP) is 1.76. The van der Waals surface area contributed by atoms with Gasteiger partial charge in [0.2, 0.25) is 0 Å². The summed E-state index contributed by atoms with van der Waals surface area (Å²) in [6, 6.07) is 0.650. The van der Waals surface area contributed by atoms with E-state index >= 15 is 0 Å². The zero-order valence-electron chi connectivity index (χ0n) is 12.2. The summed E-state index contributed by atoms with van der Waals surface area (Å²) >= 11 is 6.26. The maximum absolute atomic E-state index is 6.26. The highest BCUT2D eigenvalue weighted by atomic mass is 35.5. The summed E-state index contributed by atoms with van der Waals surface area (Å²) < 4.78 is 1.81. The molecule has 0 aromatic carbocycles. The molecule has 4 heterocycles. The van der Waals surface area contributed by atoms with Crippen molar-refractivity contribution in [3.63, 3.8) is 0 Å². The minimum absolute atomic E-state index is 0.523. The van der Waals surface area contributed by atoms with Crippen molar-refractivity contribution in [3.8, 4) is 0 Å². The number of anilines is 1. The Labute approximate surface area is 128 Å². The van der Waals surface area contributed by atoms with Gasteiger partial charge in [-0.25, -0.2) is 0 Å². The normalized spacial score (nSPS) is 23.5. The summed E-state index contributed by atoms with van der Waals surface area (Å²) in [7, 11) is 0. The summed E-state index contributed by atoms with van der Waals surface area (Å²) in [6.07, 6.45) is 5.42. The molecule has 0 bridgehead atoms. The van der Waals surface area contributed by atoms with Crippen LogP contribution in [0.3, 0.4) is 0 Å². The average molecular weight is 307 g/mol. The Morgan fingerprint density at radius 3 is 2.86 bits per heavy atom. The lowest BCUT2D eigenvalue weighted by atomic mass is 10.2. The lowest BCUT2D eigenvalue weighted by Crippen LogP contribution is -2.35. The highest BCUT2D eigenvalue weighted by Gasteiger charge is 2.31. The zero-order chi connectivity index (χ0) is 14.4. The quantitative estimate of drug-likeness (QED) is 0.791. The summed E-state index contributed by atoms with van der Waals surface area (Å²) in [5.74, 6) is 1.62. The molecule has 0 saturated carbocycles. The van der Waals surface area contributed by atoms with Gasteiger partial charge in [-0.1, -0.05) is 11.6 Å². The molecule has 1 unspecified atom stereocenters. The van der Waals surface area contributed by atoms with Crippen LogP contribution in [0.2, 0.25) is 5.15 Å². The first-order valence-corrected chi connectivity index (χ1v) is 7.96. The van der Waals surface area contributed by atoms with Crippen LogP contribution in [0, 0.1) is 6.92 Å². The zero-order valence-corrected chi connectivity index (χ0v) is 12.9. The van der Waals surface area contributed by atoms with Gasteiger partial charge in [0, 0.05) is 24.7 Å². The number of rotatable bonds is 2. The molecule has 2 fully saturated rings. The van der Waals surface area contributed by atoms with E-state index in [2.05, 4.69) is 24.9 Å². The number of likely N-dealkylation sites (tertiary alicyclic amines) is 1. The van der Waals surface area contributed by atoms with Crippen molar-refractivity contribution in [1.82, 2.24) is 24.5 Å². The summed E-state index contributed by atoms with van der Waals surface area (Å²) in [5, 5.41) is 4.84. The van der Waals surface area contributed by atoms with E-state index in [-0.39, 0.29) is 0 Å². The third-order valence-corrected chi connectivity index (χ3v) is 5.06. The Hall–Kier alpha value is -1.40. The van der Waals surface area contributed by atoms with Gasteiger partial charge in [0.15, 0.2) is 0 Å². The first-order valence-electron chi connectivity index (χ1n) is 7.59. The van der Waals surface area contributed by atoms with Crippen molar-refractivity contribution >= 4 is 23.2 Å². The molecule has 0 radical (unpaired) electrons. The summed E-state index contributed by atoms with van der Waals surface area (Å²) in [5.41, 5.74) is 0.983. The van der Waals surface area contributed by atoms with Gasteiger partial charge in [0.25, 0.3) is 5.78 Å². The number of nitrogens with zero attached hydrogens (tertiary/aromatic N) is 6. The number of fused-ring (bicyclic) bond motifs is 1. The topological polar surface area (TPSA) is 49.6 Å². The van der Waals surface area contributed by atoms with Crippen LogP contribution in [0.15, 0.2) is 6.33 Å². The molecule has 2 aliphatic rings. The Kier molecular flexibility index (Phi) is 3.23. The third kappa shape index (κ3) is 2.17. The molecule has 7 heteroatoms. The fraction of sp³-hybridized carbons (Fsp3) is 0.643. The lowest BCUT2D eigenvalue weighted by Gasteiger charge is -2.25. The lowest BCUT2D eigenvalue weighted by molar-refractivity contribution is 0.260. The standard InChI is InChI=1S/C14H19ClN6/c1-10-12(15)18-14-16-9-17-21(14)13(10)20-7-4-11(8-20)19-5-2-3-6-19/h9,11H,2-8H2,1H3. The van der Waals surface area contributed by atoms with E-state index in [4.69, 9.17) is 11.6 Å². The van der Waals surface area contributed by atoms with Crippen LogP contribution in [0.25, 0.3) is 5.78 Å². The molecule has 2 saturated heterocycles. The van der Waals surface area contributed by atoms with E-state index in [1.807, 2.05) is 11.4 Å². The van der Waals surface area contributed by atoms with Crippen LogP contribution in [0.5, 0.6) is 0 Å². The third-order valence-electron chi connectivity index (χ3n) is 4.69. The Balaban J connectivity index is 1.67. The number of hydrogen-bond acceptors (Lipinski definition) is 5. The summed E-state index contributed by atoms with van der Waals surface area (Å²) in [6.45, 7) is 6.57. The SMILES string of the molecule is Cc1c(Cl)nc2ncnn2c1N1CCC(N2CCCC2)C1. The molecule has 21 heavy (non-hydrogen) atoms. The van der Waals surface area contributed by atoms with Gasteiger partial charge >= 0.3 is 0 Å². The van der Waals surface area contributed by atoms with Crippen molar-refractivity contribution in [2.75, 3.05) is 31.1 Å². The van der Waals surface area contributed by atoms with Crippen LogP contribution >= 0.6 is 11.6 Å². The molecule has 2 aromatic heterocycles. The number of aromatic nitrogens is 4. The second-order valence-corrected chi connectivity index (χ2v) is 6.31. The molecule has 1 atom stereocenters. The van der Waals surface area contributed by atoms with Crippen LogP contribution in [0.1, 0.15) is 24.8 Å². The van der Waals surface area contributed by atoms with E-state index in [0.717, 1.165) is 24.5 Å². The minimum Gasteiger partial charge on any atom is -0.355 e. The van der Waals surface area contributed by atoms with E-state index in [9.17, 15) is 0 Å². The molecular weight excluding hydrogens is 288 g/mol. The van der Waals surface area contributed by atoms with Gasteiger partial charge < -0.3 is 4.90 Å². The Morgan fingerprint density at radius 2 is 2.05 bits per heavy atom. The van der Waals surface area contributed by atoms with Gasteiger partial charge in [-0.2, -0.15) is 19.6 Å². The number of hydrogen-bond donors (Lipinski definition) is 0. The first kappa shape index (κ1) is 13.3. The van der Waals surface area contributed by atoms with Crippen molar-refractivity contribution in [1.29, 1.82) is 0 Å². The monoisotopic (exact) mass is 306 g/mol. The van der Waals surface area contributed by atoms with Crippen LogP contribution in [-0.4, -0.2) is 56.7 Å². The second-order valence-electron chi connectivity index (χ2n) is 5.95. The maximum atomic E-state index is 6.26. The van der Waals surface area contributed by atoms with E-state index in [1.54, 1.807) is 0 Å². The molecule has 0 amide bonds. The molecule has 2 aliphatic heterocycles. The fourth-order valence-corrected chi connectivity index (χ4v) is 3.75. The first-order chi connectivity index (χ1) is 10.2. The van der Waals surface area contributed by atoms with Crippen molar-refractivity contribution in [3.05, 3.63) is 17.0 Å². The average Bonchev–Trinajstić information content (AvgIpc) is 3.19. The van der Waals surface area contributed by atoms with Crippen molar-refractivity contribution in [2.24, 2.45) is 0 Å².